The molecule has 0 radical (unpaired) electrons. The van der Waals surface area contributed by atoms with Gasteiger partial charge in [0.15, 0.2) is 0 Å². The summed E-state index contributed by atoms with van der Waals surface area (Å²) < 4.78 is 52.2. The van der Waals surface area contributed by atoms with Crippen LogP contribution in [0.15, 0.2) is 41.8 Å². The van der Waals surface area contributed by atoms with Crippen molar-refractivity contribution >= 4 is 69.0 Å². The van der Waals surface area contributed by atoms with Gasteiger partial charge in [-0.2, -0.15) is 8.78 Å². The number of anilines is 1. The predicted molar refractivity (Wildman–Crippen MR) is 163 cm³/mol. The van der Waals surface area contributed by atoms with Crippen LogP contribution in [0.1, 0.15) is 41.4 Å². The van der Waals surface area contributed by atoms with Crippen LogP contribution in [0, 0.1) is 0 Å². The van der Waals surface area contributed by atoms with Crippen LogP contribution >= 0.6 is 19.7 Å². The van der Waals surface area contributed by atoms with Crippen LogP contribution in [-0.2, 0) is 29.9 Å². The zero-order valence-corrected chi connectivity index (χ0v) is 26.9. The number of aromatic nitrogens is 2. The molecular formula is C27H29F2N6O8PS2. The Morgan fingerprint density at radius 1 is 1.11 bits per heavy atom. The molecule has 4 amide bonds. The van der Waals surface area contributed by atoms with Gasteiger partial charge in [-0.25, -0.2) is 18.4 Å². The van der Waals surface area contributed by atoms with E-state index >= 15 is 0 Å². The highest BCUT2D eigenvalue weighted by Gasteiger charge is 2.45. The first kappa shape index (κ1) is 33.7. The van der Waals surface area contributed by atoms with E-state index in [4.69, 9.17) is 9.79 Å². The average Bonchev–Trinajstić information content (AvgIpc) is 3.61. The van der Waals surface area contributed by atoms with Gasteiger partial charge in [0.25, 0.3) is 5.91 Å². The summed E-state index contributed by atoms with van der Waals surface area (Å²) in [6.07, 6.45) is 4.36. The van der Waals surface area contributed by atoms with E-state index in [-0.39, 0.29) is 34.9 Å². The van der Waals surface area contributed by atoms with Gasteiger partial charge < -0.3 is 30.2 Å². The Labute approximate surface area is 266 Å². The molecule has 46 heavy (non-hydrogen) atoms. The molecule has 2 fully saturated rings. The second-order valence-electron chi connectivity index (χ2n) is 11.0. The molecule has 4 heterocycles. The van der Waals surface area contributed by atoms with Gasteiger partial charge in [-0.05, 0) is 42.8 Å². The second kappa shape index (κ2) is 12.8. The number of hydrogen-bond donors (Lipinski definition) is 4. The first-order valence-corrected chi connectivity index (χ1v) is 17.8. The molecule has 246 valence electrons. The van der Waals surface area contributed by atoms with Gasteiger partial charge in [0, 0.05) is 42.6 Å². The first-order chi connectivity index (χ1) is 21.6. The van der Waals surface area contributed by atoms with Gasteiger partial charge in [0.2, 0.25) is 41.1 Å². The fourth-order valence-electron chi connectivity index (χ4n) is 5.51. The number of thiophene rings is 1. The monoisotopic (exact) mass is 698 g/mol. The van der Waals surface area contributed by atoms with Gasteiger partial charge in [-0.1, -0.05) is 6.07 Å². The smallest absolute Gasteiger partial charge is 0.339 e. The van der Waals surface area contributed by atoms with E-state index in [1.54, 1.807) is 0 Å². The fraction of sp³-hybridized carbons (Fsp3) is 0.407. The molecule has 0 bridgehead atoms. The minimum atomic E-state index is -3.88. The molecule has 0 unspecified atom stereocenters. The Bertz CT molecular complexity index is 1810. The number of fused-ring (bicyclic) bond motifs is 2. The van der Waals surface area contributed by atoms with Crippen molar-refractivity contribution in [2.75, 3.05) is 24.7 Å². The molecule has 2 aliphatic rings. The Morgan fingerprint density at radius 3 is 2.43 bits per heavy atom. The second-order valence-corrected chi connectivity index (χ2v) is 15.1. The minimum Gasteiger partial charge on any atom is -0.346 e. The number of carbonyl (C=O) groups is 4. The summed E-state index contributed by atoms with van der Waals surface area (Å²) in [4.78, 5) is 81.8. The number of halogens is 2. The Morgan fingerprint density at radius 2 is 1.80 bits per heavy atom. The van der Waals surface area contributed by atoms with Crippen molar-refractivity contribution in [2.45, 2.75) is 55.1 Å². The number of amides is 4. The standard InChI is InChI=1S/C27H29F2N6O8PS2/c1-14(36)34-8-7-18-4-5-20(23(37)32-17-11-30-26(31-12-17)46(2,42)43)35(18)25(39)19(13-34)33-24(38)22-10-15-9-16(3-6-21(15)45-22)27(28,29)44(40)41/h3,6,9-12,18-20,40-41H,4-5,7-8,13H2,1-2H3,(H,32,37)(H,33,38)/t18-,19+,20+/m1/s1. The molecule has 0 aliphatic carbocycles. The van der Waals surface area contributed by atoms with Gasteiger partial charge in [0.1, 0.15) is 12.1 Å². The Kier molecular flexibility index (Phi) is 9.39. The van der Waals surface area contributed by atoms with Crippen molar-refractivity contribution in [2.24, 2.45) is 0 Å². The van der Waals surface area contributed by atoms with Crippen LogP contribution in [0.25, 0.3) is 10.1 Å². The lowest BCUT2D eigenvalue weighted by Gasteiger charge is -2.38. The number of nitrogens with zero attached hydrogens (tertiary/aromatic N) is 4. The zero-order valence-electron chi connectivity index (χ0n) is 24.4. The van der Waals surface area contributed by atoms with Crippen molar-refractivity contribution in [3.63, 3.8) is 0 Å². The number of alkyl halides is 2. The van der Waals surface area contributed by atoms with E-state index in [9.17, 15) is 36.4 Å². The normalized spacial score (nSPS) is 20.8. The number of rotatable bonds is 7. The zero-order chi connectivity index (χ0) is 33.6. The molecule has 3 aromatic rings. The van der Waals surface area contributed by atoms with Crippen molar-refractivity contribution < 1.29 is 46.2 Å². The summed E-state index contributed by atoms with van der Waals surface area (Å²) >= 11 is 0.972. The molecule has 0 saturated carbocycles. The molecule has 2 aliphatic heterocycles. The summed E-state index contributed by atoms with van der Waals surface area (Å²) in [5.74, 6) is -2.17. The maximum atomic E-state index is 14.2. The van der Waals surface area contributed by atoms with Crippen LogP contribution in [0.5, 0.6) is 0 Å². The lowest BCUT2D eigenvalue weighted by atomic mass is 10.1. The number of benzene rings is 1. The largest absolute Gasteiger partial charge is 0.346 e. The third-order valence-electron chi connectivity index (χ3n) is 7.81. The molecule has 19 heteroatoms. The molecule has 0 spiro atoms. The fourth-order valence-corrected chi connectivity index (χ4v) is 7.31. The van der Waals surface area contributed by atoms with E-state index in [0.29, 0.717) is 24.0 Å². The molecule has 1 aromatic carbocycles. The predicted octanol–water partition coefficient (Wildman–Crippen LogP) is 1.79. The number of nitrogens with one attached hydrogen (secondary N) is 2. The third kappa shape index (κ3) is 6.85. The van der Waals surface area contributed by atoms with Crippen LogP contribution in [0.4, 0.5) is 14.5 Å². The van der Waals surface area contributed by atoms with Gasteiger partial charge >= 0.3 is 5.66 Å². The molecular weight excluding hydrogens is 669 g/mol. The molecule has 2 saturated heterocycles. The highest BCUT2D eigenvalue weighted by Crippen LogP contribution is 2.53. The summed E-state index contributed by atoms with van der Waals surface area (Å²) in [5, 5.41) is 5.10. The average molecular weight is 699 g/mol. The van der Waals surface area contributed by atoms with Crippen molar-refractivity contribution in [3.05, 3.63) is 47.1 Å². The van der Waals surface area contributed by atoms with Crippen LogP contribution in [0.2, 0.25) is 0 Å². The van der Waals surface area contributed by atoms with Crippen molar-refractivity contribution in [1.29, 1.82) is 0 Å². The van der Waals surface area contributed by atoms with Gasteiger partial charge in [-0.15, -0.1) is 11.3 Å². The van der Waals surface area contributed by atoms with Gasteiger partial charge in [-0.3, -0.25) is 19.2 Å². The maximum absolute atomic E-state index is 14.2. The summed E-state index contributed by atoms with van der Waals surface area (Å²) in [7, 11) is -7.24. The van der Waals surface area contributed by atoms with Crippen LogP contribution in [0.3, 0.4) is 0 Å². The first-order valence-electron chi connectivity index (χ1n) is 13.9. The summed E-state index contributed by atoms with van der Waals surface area (Å²) in [6.45, 7) is 1.44. The Hall–Kier alpha value is -3.70. The molecule has 14 nitrogen and oxygen atoms in total. The van der Waals surface area contributed by atoms with Gasteiger partial charge in [0.05, 0.1) is 23.0 Å². The van der Waals surface area contributed by atoms with E-state index in [1.165, 1.54) is 28.9 Å². The SMILES string of the molecule is CC(=O)N1CC[C@H]2CC[C@@H](C(=O)Nc3cnc(S(C)(=O)=O)nc3)N2C(=O)[C@@H](NC(=O)c2cc3cc(C(F)(F)P(O)O)ccc3s2)C1. The van der Waals surface area contributed by atoms with E-state index in [1.807, 2.05) is 0 Å². The summed E-state index contributed by atoms with van der Waals surface area (Å²) in [5.41, 5.74) is -4.39. The van der Waals surface area contributed by atoms with Crippen LogP contribution < -0.4 is 10.6 Å². The van der Waals surface area contributed by atoms with E-state index in [2.05, 4.69) is 20.6 Å². The van der Waals surface area contributed by atoms with Crippen molar-refractivity contribution in [1.82, 2.24) is 25.1 Å². The Balaban J connectivity index is 1.37. The highest BCUT2D eigenvalue weighted by atomic mass is 32.2. The molecule has 2 aromatic heterocycles. The lowest BCUT2D eigenvalue weighted by molar-refractivity contribution is -0.143. The molecule has 4 N–H and O–H groups in total. The number of sulfone groups is 1. The molecule has 5 rings (SSSR count). The quantitative estimate of drug-likeness (QED) is 0.208. The topological polar surface area (TPSA) is 199 Å². The van der Waals surface area contributed by atoms with Crippen LogP contribution in [-0.4, -0.2) is 99.1 Å². The third-order valence-corrected chi connectivity index (χ3v) is 10.6. The van der Waals surface area contributed by atoms with Crippen molar-refractivity contribution in [3.8, 4) is 0 Å². The lowest BCUT2D eigenvalue weighted by Crippen LogP contribution is -2.60. The van der Waals surface area contributed by atoms with E-state index < -0.39 is 70.4 Å². The molecule has 3 atom stereocenters. The minimum absolute atomic E-state index is 0.0831. The highest BCUT2D eigenvalue weighted by molar-refractivity contribution is 7.90. The van der Waals surface area contributed by atoms with E-state index in [0.717, 1.165) is 42.1 Å². The number of hydrogen-bond acceptors (Lipinski definition) is 11. The number of carbonyl (C=O) groups excluding carboxylic acids is 4. The summed E-state index contributed by atoms with van der Waals surface area (Å²) in [6, 6.07) is 2.16. The maximum Gasteiger partial charge on any atom is 0.339 e.